The summed E-state index contributed by atoms with van der Waals surface area (Å²) in [5.41, 5.74) is 9.14. The van der Waals surface area contributed by atoms with Crippen LogP contribution in [0.4, 0.5) is 0 Å². The summed E-state index contributed by atoms with van der Waals surface area (Å²) in [6.45, 7) is 5.94. The number of hydrogen-bond acceptors (Lipinski definition) is 2. The molecule has 26 heavy (non-hydrogen) atoms. The largest absolute Gasteiger partial charge is 0.415 e. The zero-order valence-corrected chi connectivity index (χ0v) is 16.2. The van der Waals surface area contributed by atoms with E-state index in [2.05, 4.69) is 0 Å². The first-order valence-electron chi connectivity index (χ1n) is 8.35. The molecule has 132 valence electrons. The van der Waals surface area contributed by atoms with E-state index in [4.69, 9.17) is 5.73 Å². The molecule has 1 amide bonds. The normalized spacial score (nSPS) is 9.81. The summed E-state index contributed by atoms with van der Waals surface area (Å²) in [6, 6.07) is 22.8. The number of rotatable bonds is 3. The van der Waals surface area contributed by atoms with Crippen molar-refractivity contribution in [1.82, 2.24) is 0 Å². The highest BCUT2D eigenvalue weighted by molar-refractivity contribution is 7.61. The van der Waals surface area contributed by atoms with Crippen LogP contribution in [0.1, 0.15) is 27.0 Å². The summed E-state index contributed by atoms with van der Waals surface area (Å²) in [5.74, 6) is -0.351. The Balaban J connectivity index is 0.000000190. The van der Waals surface area contributed by atoms with E-state index in [-0.39, 0.29) is 5.91 Å². The van der Waals surface area contributed by atoms with E-state index in [0.29, 0.717) is 5.56 Å². The van der Waals surface area contributed by atoms with Gasteiger partial charge in [0, 0.05) is 5.56 Å². The Bertz CT molecular complexity index is 865. The number of primary amides is 1. The molecule has 3 aromatic carbocycles. The number of aryl methyl sites for hydroxylation is 1. The van der Waals surface area contributed by atoms with Crippen molar-refractivity contribution >= 4 is 24.3 Å². The predicted octanol–water partition coefficient (Wildman–Crippen LogP) is 4.18. The Hall–Kier alpha value is -2.77. The maximum atomic E-state index is 12.0. The molecule has 0 radical (unpaired) electrons. The number of amides is 1. The summed E-state index contributed by atoms with van der Waals surface area (Å²) in [6.07, 6.45) is 0. The van der Waals surface area contributed by atoms with Gasteiger partial charge in [-0.2, -0.15) is 0 Å². The lowest BCUT2D eigenvalue weighted by Crippen LogP contribution is -2.13. The molecule has 0 aliphatic heterocycles. The first-order chi connectivity index (χ1) is 12.4. The average molecular weight is 364 g/mol. The minimum absolute atomic E-state index is 0.351. The number of benzene rings is 3. The number of nitrogens with two attached hydrogens (primary N) is 1. The second kappa shape index (κ2) is 9.07. The highest BCUT2D eigenvalue weighted by atomic mass is 31.1. The molecule has 2 N–H and O–H groups in total. The predicted molar refractivity (Wildman–Crippen MR) is 109 cm³/mol. The van der Waals surface area contributed by atoms with Crippen molar-refractivity contribution in [3.8, 4) is 0 Å². The van der Waals surface area contributed by atoms with Gasteiger partial charge in [0.25, 0.3) is 0 Å². The van der Waals surface area contributed by atoms with Crippen LogP contribution in [0, 0.1) is 20.8 Å². The van der Waals surface area contributed by atoms with Crippen LogP contribution < -0.4 is 16.3 Å². The van der Waals surface area contributed by atoms with Crippen molar-refractivity contribution in [3.63, 3.8) is 0 Å². The molecule has 0 unspecified atom stereocenters. The van der Waals surface area contributed by atoms with Gasteiger partial charge in [0.05, 0.1) is 0 Å². The quantitative estimate of drug-likeness (QED) is 0.709. The van der Waals surface area contributed by atoms with E-state index in [1.165, 1.54) is 5.56 Å². The Kier molecular flexibility index (Phi) is 6.82. The van der Waals surface area contributed by atoms with E-state index < -0.39 is 7.80 Å². The van der Waals surface area contributed by atoms with Gasteiger partial charge in [0.1, 0.15) is 0 Å². The van der Waals surface area contributed by atoms with Crippen molar-refractivity contribution in [2.75, 3.05) is 0 Å². The van der Waals surface area contributed by atoms with Crippen LogP contribution in [-0.4, -0.2) is 5.91 Å². The second-order valence-electron chi connectivity index (χ2n) is 6.01. The van der Waals surface area contributed by atoms with Gasteiger partial charge in [0.2, 0.25) is 5.91 Å². The van der Waals surface area contributed by atoms with Gasteiger partial charge in [-0.05, 0) is 67.8 Å². The number of carbonyl (C=O) groups excluding carboxylic acids is 1. The maximum absolute atomic E-state index is 12.0. The lowest BCUT2D eigenvalue weighted by Gasteiger charge is -2.07. The van der Waals surface area contributed by atoms with Crippen LogP contribution in [0.2, 0.25) is 0 Å². The molecule has 0 atom stereocenters. The first-order valence-corrected chi connectivity index (χ1v) is 9.61. The van der Waals surface area contributed by atoms with Gasteiger partial charge >= 0.3 is 7.80 Å². The third-order valence-electron chi connectivity index (χ3n) is 4.30. The lowest BCUT2D eigenvalue weighted by molar-refractivity contribution is 0.0999. The van der Waals surface area contributed by atoms with E-state index in [0.717, 1.165) is 21.7 Å². The van der Waals surface area contributed by atoms with Crippen LogP contribution in [0.15, 0.2) is 72.8 Å². The minimum Gasteiger partial charge on any atom is -0.366 e. The third kappa shape index (κ3) is 4.87. The molecule has 0 aromatic heterocycles. The minimum atomic E-state index is -1.42. The molecule has 0 bridgehead atoms. The summed E-state index contributed by atoms with van der Waals surface area (Å²) in [4.78, 5) is 10.9. The fraction of sp³-hybridized carbons (Fsp3) is 0.136. The molecular weight excluding hydrogens is 341 g/mol. The lowest BCUT2D eigenvalue weighted by atomic mass is 9.99. The van der Waals surface area contributed by atoms with Gasteiger partial charge < -0.3 is 5.73 Å². The van der Waals surface area contributed by atoms with E-state index >= 15 is 0 Å². The van der Waals surface area contributed by atoms with Gasteiger partial charge in [-0.25, -0.2) is 0 Å². The second-order valence-corrected chi connectivity index (χ2v) is 7.63. The summed E-state index contributed by atoms with van der Waals surface area (Å²) in [7, 11) is -1.42. The molecule has 0 spiro atoms. The van der Waals surface area contributed by atoms with Crippen molar-refractivity contribution in [3.05, 3.63) is 95.1 Å². The van der Waals surface area contributed by atoms with Crippen LogP contribution >= 0.6 is 7.80 Å². The topological polar surface area (TPSA) is 60.2 Å². The number of carbonyl (C=O) groups is 1. The summed E-state index contributed by atoms with van der Waals surface area (Å²) in [5, 5.41) is 1.77. The van der Waals surface area contributed by atoms with Crippen LogP contribution in [-0.2, 0) is 4.57 Å². The average Bonchev–Trinajstić information content (AvgIpc) is 2.67. The molecule has 3 aromatic rings. The molecular formula is C22H23NO2P+. The zero-order valence-electron chi connectivity index (χ0n) is 15.3. The standard InChI is InChI=1S/C12H10OP.C10H13NO/c13-14(11-7-3-1-4-8-11)12-9-5-2-6-10-12;1-6-4-5-9(10(11)12)8(3)7(6)2/h1-10H;4-5H,1-3H3,(H2,11,12)/q+1;. The SMILES string of the molecule is Cc1ccc(C(N)=O)c(C)c1C.O=[P+](c1ccccc1)c1ccccc1. The highest BCUT2D eigenvalue weighted by Crippen LogP contribution is 2.18. The van der Waals surface area contributed by atoms with Gasteiger partial charge in [-0.1, -0.05) is 47.0 Å². The van der Waals surface area contributed by atoms with Crippen LogP contribution in [0.25, 0.3) is 0 Å². The summed E-state index contributed by atoms with van der Waals surface area (Å²) < 4.78 is 12.0. The highest BCUT2D eigenvalue weighted by Gasteiger charge is 2.21. The Morgan fingerprint density at radius 1 is 0.731 bits per heavy atom. The van der Waals surface area contributed by atoms with Crippen molar-refractivity contribution in [2.24, 2.45) is 5.73 Å². The molecule has 0 aliphatic carbocycles. The Morgan fingerprint density at radius 2 is 1.19 bits per heavy atom. The Morgan fingerprint density at radius 3 is 1.62 bits per heavy atom. The number of hydrogen-bond donors (Lipinski definition) is 1. The molecule has 0 heterocycles. The van der Waals surface area contributed by atoms with Crippen molar-refractivity contribution in [1.29, 1.82) is 0 Å². The van der Waals surface area contributed by atoms with E-state index in [1.807, 2.05) is 87.5 Å². The zero-order chi connectivity index (χ0) is 19.1. The van der Waals surface area contributed by atoms with Gasteiger partial charge in [-0.15, -0.1) is 0 Å². The van der Waals surface area contributed by atoms with Gasteiger partial charge in [0.15, 0.2) is 10.6 Å². The third-order valence-corrected chi connectivity index (χ3v) is 5.84. The van der Waals surface area contributed by atoms with Crippen LogP contribution in [0.5, 0.6) is 0 Å². The monoisotopic (exact) mass is 364 g/mol. The molecule has 0 aliphatic rings. The van der Waals surface area contributed by atoms with E-state index in [1.54, 1.807) is 6.07 Å². The fourth-order valence-electron chi connectivity index (χ4n) is 2.50. The molecule has 3 rings (SSSR count). The summed E-state index contributed by atoms with van der Waals surface area (Å²) >= 11 is 0. The van der Waals surface area contributed by atoms with Crippen molar-refractivity contribution < 1.29 is 9.36 Å². The molecule has 4 heteroatoms. The molecule has 0 saturated carbocycles. The molecule has 0 fully saturated rings. The first kappa shape index (κ1) is 19.6. The van der Waals surface area contributed by atoms with Crippen LogP contribution in [0.3, 0.4) is 0 Å². The smallest absolute Gasteiger partial charge is 0.366 e. The Labute approximate surface area is 155 Å². The van der Waals surface area contributed by atoms with Gasteiger partial charge in [-0.3, -0.25) is 4.79 Å². The fourth-order valence-corrected chi connectivity index (χ4v) is 3.68. The van der Waals surface area contributed by atoms with E-state index in [9.17, 15) is 9.36 Å². The van der Waals surface area contributed by atoms with Crippen molar-refractivity contribution in [2.45, 2.75) is 20.8 Å². The molecule has 3 nitrogen and oxygen atoms in total. The maximum Gasteiger partial charge on any atom is 0.415 e. The molecule has 0 saturated heterocycles.